The summed E-state index contributed by atoms with van der Waals surface area (Å²) in [6.07, 6.45) is -0.991. The second-order valence-corrected chi connectivity index (χ2v) is 6.35. The normalized spacial score (nSPS) is 10.8. The summed E-state index contributed by atoms with van der Waals surface area (Å²) in [6.45, 7) is -0.499. The number of carbonyl (C=O) groups is 1. The Morgan fingerprint density at radius 3 is 1.91 bits per heavy atom. The predicted octanol–water partition coefficient (Wildman–Crippen LogP) is 3.74. The van der Waals surface area contributed by atoms with E-state index in [1.165, 1.54) is 12.1 Å². The highest BCUT2D eigenvalue weighted by Crippen LogP contribution is 2.28. The number of azo groups is 1. The van der Waals surface area contributed by atoms with E-state index in [9.17, 15) is 4.79 Å². The van der Waals surface area contributed by atoms with Crippen molar-refractivity contribution in [3.05, 3.63) is 53.6 Å². The molecule has 0 fully saturated rings. The van der Waals surface area contributed by atoms with Crippen LogP contribution in [-0.2, 0) is 22.7 Å². The van der Waals surface area contributed by atoms with Gasteiger partial charge in [0.25, 0.3) is 0 Å². The first-order valence-electron chi connectivity index (χ1n) is 9.11. The quantitative estimate of drug-likeness (QED) is 0.268. The maximum Gasteiger partial charge on any atom is 0.508 e. The van der Waals surface area contributed by atoms with Gasteiger partial charge < -0.3 is 32.4 Å². The molecule has 2 aromatic heterocycles. The molecule has 0 saturated heterocycles. The number of nitrogens with zero attached hydrogens (tertiary/aromatic N) is 5. The molecule has 0 bridgehead atoms. The second-order valence-electron chi connectivity index (χ2n) is 6.35. The average Bonchev–Trinajstić information content (AvgIpc) is 2.78. The zero-order valence-electron chi connectivity index (χ0n) is 16.7. The minimum Gasteiger partial charge on any atom is -0.429 e. The molecule has 3 aromatic rings. The largest absolute Gasteiger partial charge is 0.508 e. The summed E-state index contributed by atoms with van der Waals surface area (Å²) in [5.41, 5.74) is 31.7. The third-order valence-corrected chi connectivity index (χ3v) is 4.13. The number of rotatable bonds is 7. The summed E-state index contributed by atoms with van der Waals surface area (Å²) >= 11 is 0. The van der Waals surface area contributed by atoms with Crippen LogP contribution in [0.15, 0.2) is 57.8 Å². The molecule has 0 aliphatic carbocycles. The fourth-order valence-corrected chi connectivity index (χ4v) is 2.47. The molecule has 0 saturated carbocycles. The number of ether oxygens (including phenoxy) is 2. The van der Waals surface area contributed by atoms with E-state index >= 15 is 0 Å². The van der Waals surface area contributed by atoms with Crippen LogP contribution in [0.2, 0.25) is 0 Å². The summed E-state index contributed by atoms with van der Waals surface area (Å²) in [5, 5.41) is 11.4. The molecule has 1 aromatic carbocycles. The molecular formula is C19H20N10O3. The number of nitrogen functional groups attached to an aromatic ring is 4. The lowest BCUT2D eigenvalue weighted by molar-refractivity contribution is 0.0448. The molecule has 0 spiro atoms. The Labute approximate surface area is 182 Å². The Morgan fingerprint density at radius 1 is 0.812 bits per heavy atom. The average molecular weight is 436 g/mol. The van der Waals surface area contributed by atoms with E-state index in [1.807, 2.05) is 18.2 Å². The van der Waals surface area contributed by atoms with E-state index in [-0.39, 0.29) is 47.9 Å². The summed E-state index contributed by atoms with van der Waals surface area (Å²) in [6, 6.07) is 11.9. The highest BCUT2D eigenvalue weighted by molar-refractivity contribution is 5.66. The highest BCUT2D eigenvalue weighted by atomic mass is 16.7. The Kier molecular flexibility index (Phi) is 6.70. The van der Waals surface area contributed by atoms with Gasteiger partial charge in [-0.1, -0.05) is 18.2 Å². The van der Waals surface area contributed by atoms with Gasteiger partial charge in [-0.2, -0.15) is 10.2 Å². The number of carbonyl (C=O) groups excluding carboxylic acids is 1. The van der Waals surface area contributed by atoms with E-state index in [4.69, 9.17) is 37.9 Å². The molecular weight excluding hydrogens is 416 g/mol. The van der Waals surface area contributed by atoms with Gasteiger partial charge in [0, 0.05) is 11.1 Å². The number of nitrogens with two attached hydrogens (primary N) is 4. The van der Waals surface area contributed by atoms with Crippen LogP contribution in [0.5, 0.6) is 0 Å². The van der Waals surface area contributed by atoms with Crippen LogP contribution in [0.4, 0.5) is 45.1 Å². The van der Waals surface area contributed by atoms with Crippen molar-refractivity contribution >= 4 is 46.5 Å². The molecule has 3 rings (SSSR count). The number of anilines is 4. The molecule has 13 nitrogen and oxygen atoms in total. The molecule has 0 atom stereocenters. The van der Waals surface area contributed by atoms with E-state index in [1.54, 1.807) is 12.1 Å². The Morgan fingerprint density at radius 2 is 1.34 bits per heavy atom. The zero-order valence-corrected chi connectivity index (χ0v) is 16.7. The van der Waals surface area contributed by atoms with E-state index in [0.29, 0.717) is 16.8 Å². The highest BCUT2D eigenvalue weighted by Gasteiger charge is 2.13. The van der Waals surface area contributed by atoms with Crippen molar-refractivity contribution in [1.82, 2.24) is 9.97 Å². The van der Waals surface area contributed by atoms with Gasteiger partial charge in [0.1, 0.15) is 36.2 Å². The molecule has 0 amide bonds. The summed E-state index contributed by atoms with van der Waals surface area (Å²) in [4.78, 5) is 19.8. The number of pyridine rings is 2. The van der Waals surface area contributed by atoms with Crippen molar-refractivity contribution in [3.8, 4) is 0 Å². The minimum absolute atomic E-state index is 0.00429. The number of benzene rings is 1. The van der Waals surface area contributed by atoms with Gasteiger partial charge in [-0.05, 0) is 24.3 Å². The van der Waals surface area contributed by atoms with Crippen molar-refractivity contribution in [2.45, 2.75) is 13.2 Å². The minimum atomic E-state index is -0.991. The molecule has 0 aliphatic heterocycles. The van der Waals surface area contributed by atoms with Crippen molar-refractivity contribution in [3.63, 3.8) is 0 Å². The molecule has 32 heavy (non-hydrogen) atoms. The molecule has 0 radical (unpaired) electrons. The Hall–Kier alpha value is -4.81. The van der Waals surface area contributed by atoms with Gasteiger partial charge in [0.05, 0.1) is 5.69 Å². The predicted molar refractivity (Wildman–Crippen MR) is 117 cm³/mol. The molecule has 164 valence electrons. The van der Waals surface area contributed by atoms with Crippen molar-refractivity contribution < 1.29 is 14.3 Å². The SMILES string of the molecule is N=Nc1cc(COC(=O)OCc2cc(N=Nc3ccccc3)c(N)nc2N)c(N)nc1N. The second kappa shape index (κ2) is 9.80. The fraction of sp³-hybridized carbons (Fsp3) is 0.105. The van der Waals surface area contributed by atoms with Crippen LogP contribution in [0.1, 0.15) is 11.1 Å². The lowest BCUT2D eigenvalue weighted by Crippen LogP contribution is -2.11. The monoisotopic (exact) mass is 436 g/mol. The standard InChI is InChI=1S/C19H20N10O3/c20-15-10(6-13(27-24)17(22)25-15)8-31-19(30)32-9-11-7-14(18(23)26-16(11)21)29-28-12-4-2-1-3-5-12/h1-7,24H,8-9H2,(H4,20,22,25)(H4,21,23,26). The van der Waals surface area contributed by atoms with Gasteiger partial charge in [0.2, 0.25) is 0 Å². The first-order valence-corrected chi connectivity index (χ1v) is 9.11. The topological polar surface area (TPSA) is 226 Å². The van der Waals surface area contributed by atoms with Gasteiger partial charge in [-0.3, -0.25) is 0 Å². The van der Waals surface area contributed by atoms with Crippen molar-refractivity contribution in [2.75, 3.05) is 22.9 Å². The van der Waals surface area contributed by atoms with Gasteiger partial charge >= 0.3 is 6.16 Å². The van der Waals surface area contributed by atoms with Gasteiger partial charge in [0.15, 0.2) is 11.6 Å². The van der Waals surface area contributed by atoms with Crippen LogP contribution in [-0.4, -0.2) is 16.1 Å². The van der Waals surface area contributed by atoms with Gasteiger partial charge in [-0.25, -0.2) is 20.3 Å². The lowest BCUT2D eigenvalue weighted by atomic mass is 10.2. The Bertz CT molecular complexity index is 1170. The molecule has 0 aliphatic rings. The van der Waals surface area contributed by atoms with Crippen molar-refractivity contribution in [2.24, 2.45) is 15.3 Å². The van der Waals surface area contributed by atoms with Crippen LogP contribution in [0, 0.1) is 5.53 Å². The summed E-state index contributed by atoms with van der Waals surface area (Å²) < 4.78 is 10.1. The van der Waals surface area contributed by atoms with E-state index < -0.39 is 6.16 Å². The van der Waals surface area contributed by atoms with Crippen molar-refractivity contribution in [1.29, 1.82) is 5.53 Å². The third kappa shape index (κ3) is 5.41. The van der Waals surface area contributed by atoms with Gasteiger partial charge in [-0.15, -0.1) is 5.11 Å². The maximum atomic E-state index is 12.0. The molecule has 0 unspecified atom stereocenters. The molecule has 13 heteroatoms. The van der Waals surface area contributed by atoms with E-state index in [2.05, 4.69) is 25.3 Å². The number of nitrogens with one attached hydrogen (secondary N) is 1. The lowest BCUT2D eigenvalue weighted by Gasteiger charge is -2.10. The first-order chi connectivity index (χ1) is 15.4. The fourth-order valence-electron chi connectivity index (χ4n) is 2.47. The smallest absolute Gasteiger partial charge is 0.429 e. The van der Waals surface area contributed by atoms with Crippen LogP contribution in [0.3, 0.4) is 0 Å². The molecule has 2 heterocycles. The number of hydrogen-bond acceptors (Lipinski definition) is 13. The van der Waals surface area contributed by atoms with E-state index in [0.717, 1.165) is 0 Å². The third-order valence-electron chi connectivity index (χ3n) is 4.13. The zero-order chi connectivity index (χ0) is 23.1. The molecule has 9 N–H and O–H groups in total. The number of hydrogen-bond donors (Lipinski definition) is 5. The Balaban J connectivity index is 1.63. The van der Waals surface area contributed by atoms with Crippen LogP contribution >= 0.6 is 0 Å². The summed E-state index contributed by atoms with van der Waals surface area (Å²) in [7, 11) is 0. The van der Waals surface area contributed by atoms with Crippen LogP contribution in [0.25, 0.3) is 0 Å². The van der Waals surface area contributed by atoms with Crippen LogP contribution < -0.4 is 22.9 Å². The number of aromatic nitrogens is 2. The summed E-state index contributed by atoms with van der Waals surface area (Å²) in [5.74, 6) is 0.191. The maximum absolute atomic E-state index is 12.0. The first kappa shape index (κ1) is 21.9.